The van der Waals surface area contributed by atoms with Crippen LogP contribution in [0.15, 0.2) is 65.6 Å². The van der Waals surface area contributed by atoms with E-state index >= 15 is 0 Å². The fraction of sp³-hybridized carbons (Fsp3) is 0.222. The Morgan fingerprint density at radius 2 is 1.82 bits per heavy atom. The number of pyridine rings is 1. The molecule has 0 aliphatic heterocycles. The number of hydrogen-bond donors (Lipinski definition) is 5. The number of amides is 3. The highest BCUT2D eigenvalue weighted by Crippen LogP contribution is 2.23. The Kier molecular flexibility index (Phi) is 7.86. The van der Waals surface area contributed by atoms with E-state index in [9.17, 15) is 14.4 Å². The molecule has 0 unspecified atom stereocenters. The van der Waals surface area contributed by atoms with E-state index in [4.69, 9.17) is 5.73 Å². The monoisotopic (exact) mass is 514 g/mol. The van der Waals surface area contributed by atoms with Gasteiger partial charge in [-0.05, 0) is 49.2 Å². The number of nitrogens with one attached hydrogen (secondary N) is 4. The van der Waals surface area contributed by atoms with Crippen molar-refractivity contribution in [1.29, 1.82) is 0 Å². The number of urea groups is 1. The molecule has 0 radical (unpaired) electrons. The summed E-state index contributed by atoms with van der Waals surface area (Å²) in [5.41, 5.74) is 13.6. The molecule has 196 valence electrons. The van der Waals surface area contributed by atoms with E-state index in [2.05, 4.69) is 31.5 Å². The van der Waals surface area contributed by atoms with Crippen LogP contribution in [0.2, 0.25) is 0 Å². The summed E-state index contributed by atoms with van der Waals surface area (Å²) in [5, 5.41) is 7.69. The second kappa shape index (κ2) is 11.4. The fourth-order valence-electron chi connectivity index (χ4n) is 4.05. The first-order valence-corrected chi connectivity index (χ1v) is 12.1. The summed E-state index contributed by atoms with van der Waals surface area (Å²) in [6.07, 6.45) is 1.44. The molecule has 6 N–H and O–H groups in total. The number of nitrogen functional groups attached to an aromatic ring is 1. The molecule has 1 atom stereocenters. The lowest BCUT2D eigenvalue weighted by atomic mass is 10.00. The summed E-state index contributed by atoms with van der Waals surface area (Å²) >= 11 is 0. The van der Waals surface area contributed by atoms with Gasteiger partial charge in [-0.2, -0.15) is 0 Å². The van der Waals surface area contributed by atoms with Gasteiger partial charge < -0.3 is 16.4 Å². The molecule has 0 fully saturated rings. The van der Waals surface area contributed by atoms with Gasteiger partial charge in [0.1, 0.15) is 6.54 Å². The zero-order valence-electron chi connectivity index (χ0n) is 21.4. The fourth-order valence-corrected chi connectivity index (χ4v) is 4.05. The number of anilines is 2. The van der Waals surface area contributed by atoms with E-state index in [1.54, 1.807) is 19.1 Å². The van der Waals surface area contributed by atoms with Crippen molar-refractivity contribution in [2.24, 2.45) is 0 Å². The zero-order chi connectivity index (χ0) is 27.2. The normalized spacial score (nSPS) is 11.6. The average molecular weight is 515 g/mol. The number of hydrazine groups is 1. The molecule has 4 aromatic rings. The van der Waals surface area contributed by atoms with Crippen molar-refractivity contribution >= 4 is 34.2 Å². The molecule has 38 heavy (non-hydrogen) atoms. The number of aryl methyl sites for hydroxylation is 2. The lowest BCUT2D eigenvalue weighted by molar-refractivity contribution is -0.121. The maximum atomic E-state index is 13.0. The average Bonchev–Trinajstić information content (AvgIpc) is 2.90. The summed E-state index contributed by atoms with van der Waals surface area (Å²) in [5.74, 6) is -0.523. The predicted octanol–water partition coefficient (Wildman–Crippen LogP) is 2.69. The number of benzene rings is 2. The van der Waals surface area contributed by atoms with E-state index in [0.29, 0.717) is 17.1 Å². The van der Waals surface area contributed by atoms with Crippen LogP contribution in [0.4, 0.5) is 16.3 Å². The number of nitrogens with zero attached hydrogens (tertiary/aromatic N) is 3. The topological polar surface area (TPSA) is 156 Å². The number of hydrogen-bond acceptors (Lipinski definition) is 7. The van der Waals surface area contributed by atoms with Crippen LogP contribution < -0.4 is 32.8 Å². The Hall–Kier alpha value is -4.93. The third-order valence-corrected chi connectivity index (χ3v) is 6.09. The van der Waals surface area contributed by atoms with E-state index in [1.165, 1.54) is 10.8 Å². The number of rotatable bonds is 8. The van der Waals surface area contributed by atoms with E-state index < -0.39 is 17.5 Å². The quantitative estimate of drug-likeness (QED) is 0.226. The Balaban J connectivity index is 1.37. The van der Waals surface area contributed by atoms with Gasteiger partial charge in [0, 0.05) is 17.6 Å². The Morgan fingerprint density at radius 1 is 1.05 bits per heavy atom. The molecule has 11 heteroatoms. The van der Waals surface area contributed by atoms with Gasteiger partial charge in [-0.15, -0.1) is 0 Å². The molecule has 2 heterocycles. The summed E-state index contributed by atoms with van der Waals surface area (Å²) in [4.78, 5) is 46.4. The van der Waals surface area contributed by atoms with Crippen molar-refractivity contribution in [3.8, 4) is 0 Å². The van der Waals surface area contributed by atoms with E-state index in [1.807, 2.05) is 56.3 Å². The maximum absolute atomic E-state index is 13.0. The summed E-state index contributed by atoms with van der Waals surface area (Å²) in [6.45, 7) is 5.26. The lowest BCUT2D eigenvalue weighted by Gasteiger charge is -2.18. The van der Waals surface area contributed by atoms with Gasteiger partial charge in [-0.1, -0.05) is 42.5 Å². The molecule has 4 rings (SSSR count). The van der Waals surface area contributed by atoms with Crippen molar-refractivity contribution in [3.63, 3.8) is 0 Å². The minimum atomic E-state index is -0.559. The molecule has 2 aromatic heterocycles. The molecule has 0 saturated heterocycles. The first-order chi connectivity index (χ1) is 18.2. The van der Waals surface area contributed by atoms with Crippen LogP contribution in [0.1, 0.15) is 35.6 Å². The second-order valence-corrected chi connectivity index (χ2v) is 8.92. The molecule has 0 spiro atoms. The molecule has 11 nitrogen and oxygen atoms in total. The number of nitrogens with two attached hydrogens (primary N) is 1. The maximum Gasteiger partial charge on any atom is 0.333 e. The van der Waals surface area contributed by atoms with Crippen molar-refractivity contribution in [2.45, 2.75) is 39.9 Å². The van der Waals surface area contributed by atoms with Crippen LogP contribution in [0.5, 0.6) is 0 Å². The number of fused-ring (bicyclic) bond motifs is 1. The van der Waals surface area contributed by atoms with E-state index in [0.717, 1.165) is 22.0 Å². The first-order valence-electron chi connectivity index (χ1n) is 12.1. The van der Waals surface area contributed by atoms with Crippen LogP contribution >= 0.6 is 0 Å². The molecule has 0 aliphatic rings. The lowest BCUT2D eigenvalue weighted by Crippen LogP contribution is -2.42. The van der Waals surface area contributed by atoms with Crippen LogP contribution in [0.25, 0.3) is 10.8 Å². The predicted molar refractivity (Wildman–Crippen MR) is 146 cm³/mol. The number of aromatic nitrogens is 3. The molecule has 0 aliphatic carbocycles. The Bertz CT molecular complexity index is 1540. The van der Waals surface area contributed by atoms with Gasteiger partial charge in [0.2, 0.25) is 11.7 Å². The van der Waals surface area contributed by atoms with Gasteiger partial charge in [-0.3, -0.25) is 30.0 Å². The third kappa shape index (κ3) is 6.06. The zero-order valence-corrected chi connectivity index (χ0v) is 21.4. The molecule has 0 bridgehead atoms. The van der Waals surface area contributed by atoms with Crippen LogP contribution in [0.3, 0.4) is 0 Å². The molecular formula is C27H30N8O3. The largest absolute Gasteiger partial charge is 0.397 e. The summed E-state index contributed by atoms with van der Waals surface area (Å²) in [7, 11) is 0. The summed E-state index contributed by atoms with van der Waals surface area (Å²) in [6, 6.07) is 16.5. The number of carbonyl (C=O) groups excluding carboxylic acids is 2. The van der Waals surface area contributed by atoms with E-state index in [-0.39, 0.29) is 24.9 Å². The highest BCUT2D eigenvalue weighted by atomic mass is 16.2. The van der Waals surface area contributed by atoms with Crippen molar-refractivity contribution in [1.82, 2.24) is 30.6 Å². The SMILES string of the molecule is Cc1ccc(N)c(CNC(=O)Cn2c(C)cnc(NNC(=O)N[C@H](C)c3cccc4ccccc34)c2=O)n1. The van der Waals surface area contributed by atoms with Crippen molar-refractivity contribution < 1.29 is 9.59 Å². The molecule has 2 aromatic carbocycles. The van der Waals surface area contributed by atoms with Crippen molar-refractivity contribution in [2.75, 3.05) is 11.2 Å². The smallest absolute Gasteiger partial charge is 0.333 e. The van der Waals surface area contributed by atoms with Crippen molar-refractivity contribution in [3.05, 3.63) is 93.8 Å². The standard InChI is InChI=1S/C27H30N8O3/c1-16-11-12-22(28)23(31-16)14-29-24(36)15-35-17(2)13-30-25(26(35)37)33-34-27(38)32-18(3)20-10-6-8-19-7-4-5-9-21(19)20/h4-13,18H,14-15,28H2,1-3H3,(H,29,36)(H,30,33)(H2,32,34,38)/t18-/m1/s1. The molecule has 3 amide bonds. The highest BCUT2D eigenvalue weighted by molar-refractivity contribution is 5.86. The van der Waals surface area contributed by atoms with Gasteiger partial charge >= 0.3 is 6.03 Å². The molecule has 0 saturated carbocycles. The third-order valence-electron chi connectivity index (χ3n) is 6.09. The van der Waals surface area contributed by atoms with Crippen LogP contribution in [-0.4, -0.2) is 26.5 Å². The Morgan fingerprint density at radius 3 is 2.63 bits per heavy atom. The number of carbonyl (C=O) groups is 2. The minimum Gasteiger partial charge on any atom is -0.397 e. The van der Waals surface area contributed by atoms with Gasteiger partial charge in [0.25, 0.3) is 5.56 Å². The molecular weight excluding hydrogens is 484 g/mol. The second-order valence-electron chi connectivity index (χ2n) is 8.92. The Labute approximate surface area is 219 Å². The summed E-state index contributed by atoms with van der Waals surface area (Å²) < 4.78 is 1.26. The highest BCUT2D eigenvalue weighted by Gasteiger charge is 2.15. The van der Waals surface area contributed by atoms with Crippen LogP contribution in [0, 0.1) is 13.8 Å². The first kappa shape index (κ1) is 26.1. The van der Waals surface area contributed by atoms with Gasteiger partial charge in [0.05, 0.1) is 24.0 Å². The van der Waals surface area contributed by atoms with Gasteiger partial charge in [-0.25, -0.2) is 9.78 Å². The minimum absolute atomic E-state index is 0.124. The van der Waals surface area contributed by atoms with Crippen LogP contribution in [-0.2, 0) is 17.9 Å². The van der Waals surface area contributed by atoms with Gasteiger partial charge in [0.15, 0.2) is 0 Å².